The second-order valence-electron chi connectivity index (χ2n) is 6.72. The number of benzene rings is 1. The van der Waals surface area contributed by atoms with Gasteiger partial charge in [0.25, 0.3) is 5.91 Å². The molecule has 10 heteroatoms. The maximum atomic E-state index is 12.4. The van der Waals surface area contributed by atoms with Crippen molar-refractivity contribution in [1.82, 2.24) is 5.32 Å². The molecule has 2 atom stereocenters. The minimum Gasteiger partial charge on any atom is -0.475 e. The van der Waals surface area contributed by atoms with E-state index in [1.54, 1.807) is 24.0 Å². The van der Waals surface area contributed by atoms with Crippen LogP contribution in [-0.4, -0.2) is 47.7 Å². The molecule has 0 radical (unpaired) electrons. The summed E-state index contributed by atoms with van der Waals surface area (Å²) in [5, 5.41) is 9.99. The molecular weight excluding hydrogens is 403 g/mol. The van der Waals surface area contributed by atoms with Crippen LogP contribution < -0.4 is 16.0 Å². The minimum atomic E-state index is -5.08. The summed E-state index contributed by atoms with van der Waals surface area (Å²) in [4.78, 5) is 34.8. The van der Waals surface area contributed by atoms with Gasteiger partial charge in [-0.25, -0.2) is 4.79 Å². The number of amides is 2. The number of fused-ring (bicyclic) bond motifs is 1. The molecule has 2 rings (SSSR count). The highest BCUT2D eigenvalue weighted by Gasteiger charge is 2.38. The number of para-hydroxylation sites is 1. The summed E-state index contributed by atoms with van der Waals surface area (Å²) in [5.74, 6) is -3.01. The molecule has 0 unspecified atom stereocenters. The van der Waals surface area contributed by atoms with Crippen LogP contribution in [0.2, 0.25) is 0 Å². The van der Waals surface area contributed by atoms with Crippen molar-refractivity contribution in [3.05, 3.63) is 42.0 Å². The number of nitrogens with two attached hydrogens (primary N) is 1. The number of nitrogens with one attached hydrogen (secondary N) is 1. The standard InChI is InChI=1S/C18H25N3O2.C2HF3O2/c1-3-6-15(20-18(23)13(2)19)9-10-17(22)21-12-11-14-7-4-5-8-16(14)21;3-2(4,5)1(6)7/h4-5,7-10,13,15H,3,6,11-12,19H2,1-2H3,(H,20,23);(H,6,7)/b10-9+;/t13-,15-;/m0./s1. The fraction of sp³-hybridized carbons (Fsp3) is 0.450. The van der Waals surface area contributed by atoms with Gasteiger partial charge in [-0.1, -0.05) is 37.6 Å². The number of carboxylic acid groups (broad SMARTS) is 1. The number of nitrogens with zero attached hydrogens (tertiary/aromatic N) is 1. The number of alkyl halides is 3. The van der Waals surface area contributed by atoms with Crippen LogP contribution in [0.25, 0.3) is 0 Å². The highest BCUT2D eigenvalue weighted by Crippen LogP contribution is 2.27. The molecular formula is C20H26F3N3O4. The summed E-state index contributed by atoms with van der Waals surface area (Å²) in [6, 6.07) is 7.23. The molecule has 0 aliphatic carbocycles. The van der Waals surface area contributed by atoms with Crippen LogP contribution in [0.1, 0.15) is 32.3 Å². The van der Waals surface area contributed by atoms with Crippen LogP contribution in [-0.2, 0) is 20.8 Å². The lowest BCUT2D eigenvalue weighted by Crippen LogP contribution is -2.43. The molecule has 1 heterocycles. The molecule has 0 saturated heterocycles. The number of aliphatic carboxylic acids is 1. The molecule has 0 aromatic heterocycles. The zero-order chi connectivity index (χ0) is 22.9. The third-order valence-corrected chi connectivity index (χ3v) is 4.21. The van der Waals surface area contributed by atoms with E-state index in [-0.39, 0.29) is 17.9 Å². The van der Waals surface area contributed by atoms with E-state index in [4.69, 9.17) is 15.6 Å². The maximum Gasteiger partial charge on any atom is 0.490 e. The number of carboxylic acids is 1. The molecule has 0 fully saturated rings. The van der Waals surface area contributed by atoms with E-state index in [1.165, 1.54) is 5.56 Å². The first-order valence-corrected chi connectivity index (χ1v) is 9.41. The quantitative estimate of drug-likeness (QED) is 0.601. The normalized spacial score (nSPS) is 15.1. The topological polar surface area (TPSA) is 113 Å². The second-order valence-corrected chi connectivity index (χ2v) is 6.72. The number of halogens is 3. The molecule has 0 saturated carbocycles. The first-order chi connectivity index (χ1) is 14.0. The number of hydrogen-bond donors (Lipinski definition) is 3. The summed E-state index contributed by atoms with van der Waals surface area (Å²) in [5.41, 5.74) is 7.76. The molecule has 2 amide bonds. The van der Waals surface area contributed by atoms with E-state index >= 15 is 0 Å². The van der Waals surface area contributed by atoms with Gasteiger partial charge in [0.05, 0.1) is 6.04 Å². The van der Waals surface area contributed by atoms with Gasteiger partial charge < -0.3 is 21.1 Å². The van der Waals surface area contributed by atoms with E-state index in [0.717, 1.165) is 24.9 Å². The first kappa shape index (κ1) is 25.2. The van der Waals surface area contributed by atoms with E-state index in [2.05, 4.69) is 11.4 Å². The number of anilines is 1. The average molecular weight is 429 g/mol. The van der Waals surface area contributed by atoms with Crippen molar-refractivity contribution in [2.75, 3.05) is 11.4 Å². The molecule has 0 spiro atoms. The summed E-state index contributed by atoms with van der Waals surface area (Å²) in [7, 11) is 0. The van der Waals surface area contributed by atoms with Gasteiger partial charge in [-0.2, -0.15) is 13.2 Å². The Labute approximate surface area is 172 Å². The van der Waals surface area contributed by atoms with Crippen molar-refractivity contribution < 1.29 is 32.7 Å². The Kier molecular flexibility index (Phi) is 9.51. The predicted octanol–water partition coefficient (Wildman–Crippen LogP) is 2.40. The molecule has 1 aromatic rings. The maximum absolute atomic E-state index is 12.4. The first-order valence-electron chi connectivity index (χ1n) is 9.41. The minimum absolute atomic E-state index is 0.0499. The van der Waals surface area contributed by atoms with Crippen LogP contribution in [0.3, 0.4) is 0 Å². The zero-order valence-electron chi connectivity index (χ0n) is 16.8. The number of carbonyl (C=O) groups excluding carboxylic acids is 2. The fourth-order valence-electron chi connectivity index (χ4n) is 2.70. The van der Waals surface area contributed by atoms with E-state index in [9.17, 15) is 22.8 Å². The van der Waals surface area contributed by atoms with Gasteiger partial charge in [-0.3, -0.25) is 9.59 Å². The Hall–Kier alpha value is -2.88. The fourth-order valence-corrected chi connectivity index (χ4v) is 2.70. The molecule has 1 aliphatic rings. The Balaban J connectivity index is 0.000000553. The summed E-state index contributed by atoms with van der Waals surface area (Å²) in [6.45, 7) is 4.39. The lowest BCUT2D eigenvalue weighted by molar-refractivity contribution is -0.192. The Morgan fingerprint density at radius 2 is 1.90 bits per heavy atom. The number of hydrogen-bond acceptors (Lipinski definition) is 4. The molecule has 7 nitrogen and oxygen atoms in total. The van der Waals surface area contributed by atoms with Gasteiger partial charge in [-0.05, 0) is 31.4 Å². The SMILES string of the molecule is CCC[C@@H](/C=C/C(=O)N1CCc2ccccc21)NC(=O)[C@H](C)N.O=C(O)C(F)(F)F. The van der Waals surface area contributed by atoms with Crippen LogP contribution in [0.15, 0.2) is 36.4 Å². The average Bonchev–Trinajstić information content (AvgIpc) is 3.10. The van der Waals surface area contributed by atoms with Crippen LogP contribution in [0, 0.1) is 0 Å². The van der Waals surface area contributed by atoms with Gasteiger partial charge in [0.2, 0.25) is 5.91 Å². The third kappa shape index (κ3) is 7.86. The Bertz CT molecular complexity index is 779. The summed E-state index contributed by atoms with van der Waals surface area (Å²) >= 11 is 0. The lowest BCUT2D eigenvalue weighted by Gasteiger charge is -2.18. The predicted molar refractivity (Wildman–Crippen MR) is 106 cm³/mol. The largest absolute Gasteiger partial charge is 0.490 e. The van der Waals surface area contributed by atoms with Crippen molar-refractivity contribution in [1.29, 1.82) is 0 Å². The van der Waals surface area contributed by atoms with Crippen molar-refractivity contribution in [3.63, 3.8) is 0 Å². The highest BCUT2D eigenvalue weighted by atomic mass is 19.4. The van der Waals surface area contributed by atoms with Gasteiger partial charge >= 0.3 is 12.1 Å². The van der Waals surface area contributed by atoms with Crippen LogP contribution in [0.5, 0.6) is 0 Å². The molecule has 4 N–H and O–H groups in total. The number of rotatable bonds is 6. The van der Waals surface area contributed by atoms with Crippen molar-refractivity contribution in [2.24, 2.45) is 5.73 Å². The van der Waals surface area contributed by atoms with Crippen molar-refractivity contribution in [3.8, 4) is 0 Å². The molecule has 0 bridgehead atoms. The van der Waals surface area contributed by atoms with Crippen molar-refractivity contribution in [2.45, 2.75) is 51.4 Å². The Morgan fingerprint density at radius 1 is 1.30 bits per heavy atom. The van der Waals surface area contributed by atoms with E-state index < -0.39 is 18.2 Å². The summed E-state index contributed by atoms with van der Waals surface area (Å²) < 4.78 is 31.7. The smallest absolute Gasteiger partial charge is 0.475 e. The van der Waals surface area contributed by atoms with Gasteiger partial charge in [0, 0.05) is 24.4 Å². The molecule has 1 aliphatic heterocycles. The zero-order valence-corrected chi connectivity index (χ0v) is 16.8. The van der Waals surface area contributed by atoms with Crippen LogP contribution in [0.4, 0.5) is 18.9 Å². The third-order valence-electron chi connectivity index (χ3n) is 4.21. The van der Waals surface area contributed by atoms with Gasteiger partial charge in [0.15, 0.2) is 0 Å². The highest BCUT2D eigenvalue weighted by molar-refractivity contribution is 6.03. The van der Waals surface area contributed by atoms with E-state index in [1.807, 2.05) is 25.1 Å². The monoisotopic (exact) mass is 429 g/mol. The number of carbonyl (C=O) groups is 3. The van der Waals surface area contributed by atoms with Crippen LogP contribution >= 0.6 is 0 Å². The van der Waals surface area contributed by atoms with Gasteiger partial charge in [0.1, 0.15) is 0 Å². The van der Waals surface area contributed by atoms with Crippen molar-refractivity contribution >= 4 is 23.5 Å². The molecule has 30 heavy (non-hydrogen) atoms. The second kappa shape index (κ2) is 11.3. The molecule has 166 valence electrons. The summed E-state index contributed by atoms with van der Waals surface area (Å²) in [6.07, 6.45) is 0.820. The van der Waals surface area contributed by atoms with Gasteiger partial charge in [-0.15, -0.1) is 0 Å². The lowest BCUT2D eigenvalue weighted by atomic mass is 10.1. The van der Waals surface area contributed by atoms with E-state index in [0.29, 0.717) is 6.54 Å². The Morgan fingerprint density at radius 3 is 2.43 bits per heavy atom. The molecule has 1 aromatic carbocycles.